The van der Waals surface area contributed by atoms with Crippen LogP contribution in [0.25, 0.3) is 11.1 Å². The molecule has 3 rings (SSSR count). The summed E-state index contributed by atoms with van der Waals surface area (Å²) in [5, 5.41) is 1.21. The van der Waals surface area contributed by atoms with Gasteiger partial charge in [-0.05, 0) is 23.3 Å². The molecule has 100 valence electrons. The molecule has 3 aromatic rings. The van der Waals surface area contributed by atoms with E-state index in [-0.39, 0.29) is 0 Å². The normalized spacial score (nSPS) is 9.50. The van der Waals surface area contributed by atoms with Gasteiger partial charge in [-0.1, -0.05) is 96.0 Å². The van der Waals surface area contributed by atoms with Crippen molar-refractivity contribution in [1.82, 2.24) is 0 Å². The monoisotopic (exact) mass is 300 g/mol. The van der Waals surface area contributed by atoms with E-state index >= 15 is 0 Å². The maximum atomic E-state index is 5.58. The van der Waals surface area contributed by atoms with Gasteiger partial charge in [0.25, 0.3) is 0 Å². The molecule has 0 nitrogen and oxygen atoms in total. The molecule has 0 bridgehead atoms. The first-order chi connectivity index (χ1) is 9.77. The average molecular weight is 301 g/mol. The molecule has 0 spiro atoms. The average Bonchev–Trinajstić information content (AvgIpc) is 2.53. The van der Waals surface area contributed by atoms with Gasteiger partial charge in [-0.2, -0.15) is 0 Å². The van der Waals surface area contributed by atoms with Crippen LogP contribution < -0.4 is 0 Å². The van der Waals surface area contributed by atoms with Gasteiger partial charge in [0.1, 0.15) is 0 Å². The van der Waals surface area contributed by atoms with Crippen LogP contribution in [-0.2, 0) is 0 Å². The Kier molecular flexibility index (Phi) is 5.67. The van der Waals surface area contributed by atoms with Crippen LogP contribution >= 0.6 is 23.2 Å². The SMILES string of the molecule is Clc1ccccc1Cl.c1ccc(-c2ccccc2)cc1. The van der Waals surface area contributed by atoms with Crippen molar-refractivity contribution in [3.63, 3.8) is 0 Å². The van der Waals surface area contributed by atoms with Crippen LogP contribution in [0.15, 0.2) is 84.9 Å². The number of hydrogen-bond acceptors (Lipinski definition) is 0. The highest BCUT2D eigenvalue weighted by Gasteiger charge is 1.91. The van der Waals surface area contributed by atoms with E-state index in [4.69, 9.17) is 23.2 Å². The lowest BCUT2D eigenvalue weighted by Gasteiger charge is -1.98. The summed E-state index contributed by atoms with van der Waals surface area (Å²) in [4.78, 5) is 0. The summed E-state index contributed by atoms with van der Waals surface area (Å²) in [5.41, 5.74) is 2.55. The van der Waals surface area contributed by atoms with Gasteiger partial charge in [-0.25, -0.2) is 0 Å². The third kappa shape index (κ3) is 4.41. The molecule has 0 aliphatic carbocycles. The molecule has 20 heavy (non-hydrogen) atoms. The Labute approximate surface area is 129 Å². The summed E-state index contributed by atoms with van der Waals surface area (Å²) in [6.45, 7) is 0. The summed E-state index contributed by atoms with van der Waals surface area (Å²) in [7, 11) is 0. The third-order valence-corrected chi connectivity index (χ3v) is 3.46. The van der Waals surface area contributed by atoms with Gasteiger partial charge < -0.3 is 0 Å². The van der Waals surface area contributed by atoms with Crippen LogP contribution in [0.2, 0.25) is 10.0 Å². The fraction of sp³-hybridized carbons (Fsp3) is 0. The summed E-state index contributed by atoms with van der Waals surface area (Å²) >= 11 is 11.2. The molecule has 0 aromatic heterocycles. The molecule has 0 saturated heterocycles. The summed E-state index contributed by atoms with van der Waals surface area (Å²) in [6.07, 6.45) is 0. The maximum Gasteiger partial charge on any atom is 0.0592 e. The van der Waals surface area contributed by atoms with Crippen molar-refractivity contribution in [2.75, 3.05) is 0 Å². The van der Waals surface area contributed by atoms with E-state index in [0.717, 1.165) is 0 Å². The first-order valence-corrected chi connectivity index (χ1v) is 7.03. The molecule has 0 fully saturated rings. The van der Waals surface area contributed by atoms with E-state index < -0.39 is 0 Å². The summed E-state index contributed by atoms with van der Waals surface area (Å²) in [6, 6.07) is 28.0. The van der Waals surface area contributed by atoms with E-state index in [9.17, 15) is 0 Å². The van der Waals surface area contributed by atoms with Crippen molar-refractivity contribution in [3.05, 3.63) is 95.0 Å². The van der Waals surface area contributed by atoms with Crippen molar-refractivity contribution in [2.24, 2.45) is 0 Å². The molecule has 0 amide bonds. The number of benzene rings is 3. The van der Waals surface area contributed by atoms with Crippen molar-refractivity contribution >= 4 is 23.2 Å². The quantitative estimate of drug-likeness (QED) is 0.491. The highest BCUT2D eigenvalue weighted by atomic mass is 35.5. The van der Waals surface area contributed by atoms with Crippen LogP contribution in [-0.4, -0.2) is 0 Å². The van der Waals surface area contributed by atoms with E-state index in [2.05, 4.69) is 48.5 Å². The van der Waals surface area contributed by atoms with Gasteiger partial charge in [0, 0.05) is 0 Å². The first kappa shape index (κ1) is 14.6. The topological polar surface area (TPSA) is 0 Å². The van der Waals surface area contributed by atoms with Gasteiger partial charge in [-0.3, -0.25) is 0 Å². The second kappa shape index (κ2) is 7.74. The van der Waals surface area contributed by atoms with Gasteiger partial charge >= 0.3 is 0 Å². The first-order valence-electron chi connectivity index (χ1n) is 6.28. The number of hydrogen-bond donors (Lipinski definition) is 0. The molecule has 0 saturated carbocycles. The molecule has 0 aliphatic heterocycles. The molecule has 0 atom stereocenters. The Morgan fingerprint density at radius 1 is 0.400 bits per heavy atom. The molecule has 0 unspecified atom stereocenters. The van der Waals surface area contributed by atoms with Gasteiger partial charge in [0.15, 0.2) is 0 Å². The molecule has 0 N–H and O–H groups in total. The highest BCUT2D eigenvalue weighted by Crippen LogP contribution is 2.19. The minimum Gasteiger partial charge on any atom is -0.0827 e. The molecular weight excluding hydrogens is 287 g/mol. The van der Waals surface area contributed by atoms with Crippen molar-refractivity contribution in [1.29, 1.82) is 0 Å². The lowest BCUT2D eigenvalue weighted by atomic mass is 10.1. The fourth-order valence-electron chi connectivity index (χ4n) is 1.70. The molecule has 0 heterocycles. The molecular formula is C18H14Cl2. The zero-order chi connectivity index (χ0) is 14.2. The van der Waals surface area contributed by atoms with Crippen molar-refractivity contribution in [2.45, 2.75) is 0 Å². The Hall–Kier alpha value is -1.76. The Morgan fingerprint density at radius 2 is 0.700 bits per heavy atom. The van der Waals surface area contributed by atoms with Gasteiger partial charge in [0.2, 0.25) is 0 Å². The second-order valence-electron chi connectivity index (χ2n) is 4.15. The maximum absolute atomic E-state index is 5.58. The minimum absolute atomic E-state index is 0.606. The summed E-state index contributed by atoms with van der Waals surface area (Å²) < 4.78 is 0. The lowest BCUT2D eigenvalue weighted by Crippen LogP contribution is -1.73. The molecule has 0 radical (unpaired) electrons. The van der Waals surface area contributed by atoms with Crippen molar-refractivity contribution < 1.29 is 0 Å². The Bertz CT molecular complexity index is 575. The Balaban J connectivity index is 0.000000160. The zero-order valence-corrected chi connectivity index (χ0v) is 12.4. The van der Waals surface area contributed by atoms with Gasteiger partial charge in [-0.15, -0.1) is 0 Å². The van der Waals surface area contributed by atoms with Crippen LogP contribution in [0.5, 0.6) is 0 Å². The van der Waals surface area contributed by atoms with E-state index in [1.54, 1.807) is 12.1 Å². The van der Waals surface area contributed by atoms with Crippen LogP contribution in [0.4, 0.5) is 0 Å². The van der Waals surface area contributed by atoms with Crippen LogP contribution in [0.3, 0.4) is 0 Å². The molecule has 0 aliphatic rings. The Morgan fingerprint density at radius 3 is 1.00 bits per heavy atom. The third-order valence-electron chi connectivity index (χ3n) is 2.71. The summed E-state index contributed by atoms with van der Waals surface area (Å²) in [5.74, 6) is 0. The predicted octanol–water partition coefficient (Wildman–Crippen LogP) is 6.35. The van der Waals surface area contributed by atoms with Crippen LogP contribution in [0.1, 0.15) is 0 Å². The van der Waals surface area contributed by atoms with Gasteiger partial charge in [0.05, 0.1) is 10.0 Å². The van der Waals surface area contributed by atoms with Crippen molar-refractivity contribution in [3.8, 4) is 11.1 Å². The fourth-order valence-corrected chi connectivity index (χ4v) is 1.97. The highest BCUT2D eigenvalue weighted by molar-refractivity contribution is 6.41. The number of halogens is 2. The predicted molar refractivity (Wildman–Crippen MR) is 88.3 cm³/mol. The lowest BCUT2D eigenvalue weighted by molar-refractivity contribution is 1.62. The largest absolute Gasteiger partial charge is 0.0827 e. The van der Waals surface area contributed by atoms with E-state index in [1.807, 2.05) is 24.3 Å². The minimum atomic E-state index is 0.606. The number of rotatable bonds is 1. The van der Waals surface area contributed by atoms with E-state index in [0.29, 0.717) is 10.0 Å². The second-order valence-corrected chi connectivity index (χ2v) is 4.96. The zero-order valence-electron chi connectivity index (χ0n) is 10.8. The standard InChI is InChI=1S/C12H10.C6H4Cl2/c1-3-7-11(8-4-1)12-9-5-2-6-10-12;7-5-3-1-2-4-6(5)8/h1-10H;1-4H. The van der Waals surface area contributed by atoms with Crippen LogP contribution in [0, 0.1) is 0 Å². The smallest absolute Gasteiger partial charge is 0.0592 e. The molecule has 3 aromatic carbocycles. The van der Waals surface area contributed by atoms with E-state index in [1.165, 1.54) is 11.1 Å². The molecule has 2 heteroatoms.